The number of rotatable bonds is 4. The maximum absolute atomic E-state index is 13.3. The molecule has 35 heavy (non-hydrogen) atoms. The topological polar surface area (TPSA) is 81.7 Å². The minimum Gasteiger partial charge on any atom is -0.355 e. The van der Waals surface area contributed by atoms with Gasteiger partial charge in [0.05, 0.1) is 31.5 Å². The summed E-state index contributed by atoms with van der Waals surface area (Å²) in [5, 5.41) is 10.4. The van der Waals surface area contributed by atoms with Crippen molar-refractivity contribution in [2.24, 2.45) is 0 Å². The summed E-state index contributed by atoms with van der Waals surface area (Å²) in [5.41, 5.74) is 4.93. The highest BCUT2D eigenvalue weighted by Gasteiger charge is 2.31. The Balaban J connectivity index is 1.56. The molecule has 180 valence electrons. The smallest absolute Gasteiger partial charge is 0.243 e. The lowest BCUT2D eigenvalue weighted by Crippen LogP contribution is -2.49. The first-order valence-corrected chi connectivity index (χ1v) is 13.5. The van der Waals surface area contributed by atoms with Crippen molar-refractivity contribution in [3.8, 4) is 6.07 Å². The van der Waals surface area contributed by atoms with Gasteiger partial charge in [0.2, 0.25) is 10.0 Å². The largest absolute Gasteiger partial charge is 0.355 e. The van der Waals surface area contributed by atoms with Crippen molar-refractivity contribution in [3.63, 3.8) is 0 Å². The van der Waals surface area contributed by atoms with E-state index in [2.05, 4.69) is 22.3 Å². The number of aromatic nitrogens is 2. The van der Waals surface area contributed by atoms with Gasteiger partial charge in [0.1, 0.15) is 11.9 Å². The van der Waals surface area contributed by atoms with Crippen LogP contribution in [0.25, 0.3) is 16.7 Å². The third-order valence-corrected chi connectivity index (χ3v) is 9.26. The predicted octanol–water partition coefficient (Wildman–Crippen LogP) is 5.05. The lowest BCUT2D eigenvalue weighted by atomic mass is 10.0. The normalized spacial score (nSPS) is 15.1. The summed E-state index contributed by atoms with van der Waals surface area (Å²) >= 11 is 12.0. The molecule has 1 aliphatic rings. The van der Waals surface area contributed by atoms with Crippen molar-refractivity contribution >= 4 is 55.7 Å². The van der Waals surface area contributed by atoms with E-state index < -0.39 is 10.0 Å². The van der Waals surface area contributed by atoms with Crippen LogP contribution in [-0.2, 0) is 16.4 Å². The minimum absolute atomic E-state index is 0.131. The first-order valence-electron chi connectivity index (χ1n) is 11.3. The summed E-state index contributed by atoms with van der Waals surface area (Å²) in [4.78, 5) is 7.11. The third-order valence-electron chi connectivity index (χ3n) is 6.63. The molecule has 0 N–H and O–H groups in total. The summed E-state index contributed by atoms with van der Waals surface area (Å²) in [5.74, 6) is 0.972. The molecular weight excluding hydrogens is 505 g/mol. The Kier molecular flexibility index (Phi) is 6.14. The van der Waals surface area contributed by atoms with Crippen molar-refractivity contribution in [3.05, 3.63) is 69.2 Å². The molecule has 4 aromatic rings. The molecule has 0 unspecified atom stereocenters. The molecule has 0 atom stereocenters. The van der Waals surface area contributed by atoms with Crippen molar-refractivity contribution in [2.75, 3.05) is 31.1 Å². The highest BCUT2D eigenvalue weighted by Crippen LogP contribution is 2.34. The summed E-state index contributed by atoms with van der Waals surface area (Å²) < 4.78 is 30.0. The Morgan fingerprint density at radius 2 is 1.77 bits per heavy atom. The van der Waals surface area contributed by atoms with E-state index in [0.717, 1.165) is 34.4 Å². The van der Waals surface area contributed by atoms with Crippen LogP contribution < -0.4 is 4.90 Å². The molecule has 10 heteroatoms. The highest BCUT2D eigenvalue weighted by atomic mass is 35.5. The number of halogens is 2. The van der Waals surface area contributed by atoms with Gasteiger partial charge in [-0.15, -0.1) is 0 Å². The van der Waals surface area contributed by atoms with Gasteiger partial charge in [-0.2, -0.15) is 9.57 Å². The number of hydrogen-bond donors (Lipinski definition) is 0. The number of nitrogens with zero attached hydrogens (tertiary/aromatic N) is 5. The molecule has 0 bridgehead atoms. The number of anilines is 1. The number of hydrogen-bond acceptors (Lipinski definition) is 5. The Bertz CT molecular complexity index is 1620. The van der Waals surface area contributed by atoms with Gasteiger partial charge in [0.25, 0.3) is 0 Å². The molecule has 1 saturated heterocycles. The van der Waals surface area contributed by atoms with Gasteiger partial charge >= 0.3 is 0 Å². The van der Waals surface area contributed by atoms with Crippen molar-refractivity contribution < 1.29 is 8.42 Å². The molecule has 0 amide bonds. The number of fused-ring (bicyclic) bond motifs is 3. The van der Waals surface area contributed by atoms with E-state index in [1.165, 1.54) is 22.5 Å². The molecule has 0 radical (unpaired) electrons. The molecule has 1 fully saturated rings. The molecule has 5 rings (SSSR count). The fourth-order valence-electron chi connectivity index (χ4n) is 4.85. The summed E-state index contributed by atoms with van der Waals surface area (Å²) in [6.45, 7) is 5.67. The average molecular weight is 528 g/mol. The van der Waals surface area contributed by atoms with Crippen LogP contribution in [0.3, 0.4) is 0 Å². The molecule has 2 aromatic carbocycles. The van der Waals surface area contributed by atoms with Gasteiger partial charge in [-0.25, -0.2) is 13.4 Å². The van der Waals surface area contributed by atoms with Crippen LogP contribution in [0.5, 0.6) is 0 Å². The van der Waals surface area contributed by atoms with Crippen LogP contribution in [0, 0.1) is 18.3 Å². The van der Waals surface area contributed by atoms with Crippen LogP contribution in [0.15, 0.2) is 47.4 Å². The van der Waals surface area contributed by atoms with E-state index in [1.54, 1.807) is 0 Å². The second-order valence-electron chi connectivity index (χ2n) is 8.49. The molecular formula is C25H23Cl2N5O2S. The van der Waals surface area contributed by atoms with Gasteiger partial charge in [-0.3, -0.25) is 4.40 Å². The van der Waals surface area contributed by atoms with E-state index in [9.17, 15) is 13.7 Å². The molecule has 0 saturated carbocycles. The van der Waals surface area contributed by atoms with E-state index in [4.69, 9.17) is 28.2 Å². The second-order valence-corrected chi connectivity index (χ2v) is 11.2. The van der Waals surface area contributed by atoms with Crippen LogP contribution in [-0.4, -0.2) is 48.3 Å². The SMILES string of the molecule is CCc1c(C)c(C#N)c2nc3ccccc3n2c1N1CCN(S(=O)(=O)c2ccc(Cl)c(Cl)c2)CC1. The Morgan fingerprint density at radius 3 is 2.43 bits per heavy atom. The molecule has 0 aliphatic carbocycles. The fourth-order valence-corrected chi connectivity index (χ4v) is 6.66. The second kappa shape index (κ2) is 8.99. The van der Waals surface area contributed by atoms with Crippen LogP contribution in [0.4, 0.5) is 5.82 Å². The van der Waals surface area contributed by atoms with E-state index in [0.29, 0.717) is 42.4 Å². The van der Waals surface area contributed by atoms with Gasteiger partial charge < -0.3 is 4.90 Å². The number of sulfonamides is 1. The third kappa shape index (κ3) is 3.83. The Labute approximate surface area is 214 Å². The lowest BCUT2D eigenvalue weighted by Gasteiger charge is -2.37. The number of nitriles is 1. The number of pyridine rings is 1. The Morgan fingerprint density at radius 1 is 1.06 bits per heavy atom. The first kappa shape index (κ1) is 23.9. The van der Waals surface area contributed by atoms with Crippen molar-refractivity contribution in [1.82, 2.24) is 13.7 Å². The predicted molar refractivity (Wildman–Crippen MR) is 139 cm³/mol. The minimum atomic E-state index is -3.71. The monoisotopic (exact) mass is 527 g/mol. The van der Waals surface area contributed by atoms with Crippen molar-refractivity contribution in [1.29, 1.82) is 5.26 Å². The fraction of sp³-hybridized carbons (Fsp3) is 0.280. The van der Waals surface area contributed by atoms with E-state index >= 15 is 0 Å². The van der Waals surface area contributed by atoms with Crippen molar-refractivity contribution in [2.45, 2.75) is 25.2 Å². The number of imidazole rings is 1. The number of piperazine rings is 1. The lowest BCUT2D eigenvalue weighted by molar-refractivity contribution is 0.383. The standard InChI is InChI=1S/C25H23Cl2N5O2S/c1-3-18-16(2)19(15-28)24-29-22-6-4-5-7-23(22)32(24)25(18)30-10-12-31(13-11-30)35(33,34)17-8-9-20(26)21(27)14-17/h4-9,14H,3,10-13H2,1-2H3. The average Bonchev–Trinajstić information content (AvgIpc) is 3.24. The number of para-hydroxylation sites is 2. The van der Waals surface area contributed by atoms with Gasteiger partial charge in [-0.05, 0) is 54.8 Å². The molecule has 7 nitrogen and oxygen atoms in total. The van der Waals surface area contributed by atoms with Gasteiger partial charge in [-0.1, -0.05) is 42.3 Å². The van der Waals surface area contributed by atoms with Gasteiger partial charge in [0.15, 0.2) is 5.65 Å². The first-order chi connectivity index (χ1) is 16.8. The number of benzene rings is 2. The zero-order chi connectivity index (χ0) is 24.9. The zero-order valence-electron chi connectivity index (χ0n) is 19.3. The quantitative estimate of drug-likeness (QED) is 0.371. The van der Waals surface area contributed by atoms with Crippen LogP contribution in [0.1, 0.15) is 23.6 Å². The summed E-state index contributed by atoms with van der Waals surface area (Å²) in [7, 11) is -3.71. The van der Waals surface area contributed by atoms with Gasteiger partial charge in [0, 0.05) is 26.2 Å². The van der Waals surface area contributed by atoms with E-state index in [1.807, 2.05) is 31.2 Å². The molecule has 2 aromatic heterocycles. The molecule has 3 heterocycles. The van der Waals surface area contributed by atoms with Crippen LogP contribution >= 0.6 is 23.2 Å². The highest BCUT2D eigenvalue weighted by molar-refractivity contribution is 7.89. The van der Waals surface area contributed by atoms with Crippen LogP contribution in [0.2, 0.25) is 10.0 Å². The Hall–Kier alpha value is -2.83. The molecule has 0 spiro atoms. The maximum Gasteiger partial charge on any atom is 0.243 e. The maximum atomic E-state index is 13.3. The summed E-state index contributed by atoms with van der Waals surface area (Å²) in [6.07, 6.45) is 0.736. The van der Waals surface area contributed by atoms with E-state index in [-0.39, 0.29) is 9.92 Å². The molecule has 1 aliphatic heterocycles. The zero-order valence-corrected chi connectivity index (χ0v) is 21.6. The summed E-state index contributed by atoms with van der Waals surface area (Å²) in [6, 6.07) is 14.6.